The van der Waals surface area contributed by atoms with Crippen LogP contribution in [-0.2, 0) is 11.3 Å². The number of benzene rings is 1. The van der Waals surface area contributed by atoms with Crippen molar-refractivity contribution in [1.82, 2.24) is 15.3 Å². The second kappa shape index (κ2) is 8.29. The molecule has 3 rings (SSSR count). The summed E-state index contributed by atoms with van der Waals surface area (Å²) in [6.45, 7) is 3.22. The number of carbonyl (C=O) groups excluding carboxylic acids is 1. The molecule has 0 bridgehead atoms. The summed E-state index contributed by atoms with van der Waals surface area (Å²) in [4.78, 5) is 22.7. The molecule has 1 aliphatic heterocycles. The van der Waals surface area contributed by atoms with E-state index in [0.29, 0.717) is 19.5 Å². The largest absolute Gasteiger partial charge is 0.369 e. The number of hydrogen-bond acceptors (Lipinski definition) is 5. The molecule has 0 radical (unpaired) electrons. The first-order valence-electron chi connectivity index (χ1n) is 8.43. The van der Waals surface area contributed by atoms with Gasteiger partial charge in [-0.15, -0.1) is 0 Å². The summed E-state index contributed by atoms with van der Waals surface area (Å²) in [7, 11) is 0. The van der Waals surface area contributed by atoms with Crippen molar-refractivity contribution in [3.8, 4) is 0 Å². The minimum absolute atomic E-state index is 0.0279. The van der Waals surface area contributed by atoms with Crippen LogP contribution in [0.4, 0.5) is 11.6 Å². The third-order valence-corrected chi connectivity index (χ3v) is 4.07. The van der Waals surface area contributed by atoms with Gasteiger partial charge in [0, 0.05) is 38.7 Å². The molecule has 24 heavy (non-hydrogen) atoms. The Labute approximate surface area is 142 Å². The minimum Gasteiger partial charge on any atom is -0.369 e. The van der Waals surface area contributed by atoms with Crippen LogP contribution in [0.3, 0.4) is 0 Å². The van der Waals surface area contributed by atoms with Gasteiger partial charge < -0.3 is 15.5 Å². The van der Waals surface area contributed by atoms with E-state index in [1.54, 1.807) is 6.33 Å². The molecular weight excluding hydrogens is 302 g/mol. The summed E-state index contributed by atoms with van der Waals surface area (Å²) in [6, 6.07) is 11.9. The van der Waals surface area contributed by atoms with Gasteiger partial charge in [-0.3, -0.25) is 4.79 Å². The van der Waals surface area contributed by atoms with Gasteiger partial charge in [-0.2, -0.15) is 0 Å². The van der Waals surface area contributed by atoms with Crippen molar-refractivity contribution >= 4 is 17.5 Å². The van der Waals surface area contributed by atoms with Crippen molar-refractivity contribution in [3.05, 3.63) is 48.3 Å². The summed E-state index contributed by atoms with van der Waals surface area (Å²) in [5.41, 5.74) is 1.10. The Morgan fingerprint density at radius 3 is 2.71 bits per heavy atom. The van der Waals surface area contributed by atoms with Gasteiger partial charge >= 0.3 is 0 Å². The molecule has 2 heterocycles. The quantitative estimate of drug-likeness (QED) is 0.817. The number of rotatable bonds is 7. The lowest BCUT2D eigenvalue weighted by atomic mass is 10.2. The predicted molar refractivity (Wildman–Crippen MR) is 94.9 cm³/mol. The van der Waals surface area contributed by atoms with Crippen LogP contribution in [0.2, 0.25) is 0 Å². The molecule has 0 unspecified atom stereocenters. The molecule has 6 heteroatoms. The van der Waals surface area contributed by atoms with Crippen LogP contribution in [0.25, 0.3) is 0 Å². The minimum atomic E-state index is 0.0279. The van der Waals surface area contributed by atoms with E-state index >= 15 is 0 Å². The molecule has 1 aliphatic rings. The maximum absolute atomic E-state index is 11.9. The molecule has 1 aromatic heterocycles. The van der Waals surface area contributed by atoms with Crippen molar-refractivity contribution in [3.63, 3.8) is 0 Å². The molecule has 0 atom stereocenters. The van der Waals surface area contributed by atoms with Gasteiger partial charge in [-0.25, -0.2) is 9.97 Å². The first kappa shape index (κ1) is 16.2. The van der Waals surface area contributed by atoms with E-state index in [1.807, 2.05) is 36.4 Å². The van der Waals surface area contributed by atoms with Gasteiger partial charge in [0.1, 0.15) is 18.0 Å². The lowest BCUT2D eigenvalue weighted by Gasteiger charge is -2.16. The number of amides is 1. The van der Waals surface area contributed by atoms with E-state index in [2.05, 4.69) is 25.5 Å². The molecule has 126 valence electrons. The molecule has 0 aliphatic carbocycles. The Hall–Kier alpha value is -2.63. The molecule has 2 aromatic rings. The summed E-state index contributed by atoms with van der Waals surface area (Å²) >= 11 is 0. The van der Waals surface area contributed by atoms with E-state index in [-0.39, 0.29) is 5.91 Å². The van der Waals surface area contributed by atoms with Gasteiger partial charge in [-0.05, 0) is 18.4 Å². The molecule has 1 saturated heterocycles. The third-order valence-electron chi connectivity index (χ3n) is 4.07. The fourth-order valence-corrected chi connectivity index (χ4v) is 2.75. The standard InChI is InChI=1S/C18H23N5O/c24-18(20-13-15-6-2-1-3-7-15)8-9-19-16-12-17(22-14-21-16)23-10-4-5-11-23/h1-3,6-7,12,14H,4-5,8-11,13H2,(H,20,24)(H,19,21,22). The summed E-state index contributed by atoms with van der Waals surface area (Å²) in [6.07, 6.45) is 4.42. The summed E-state index contributed by atoms with van der Waals surface area (Å²) < 4.78 is 0. The normalized spacial score (nSPS) is 13.8. The topological polar surface area (TPSA) is 70.2 Å². The molecule has 1 amide bonds. The lowest BCUT2D eigenvalue weighted by molar-refractivity contribution is -0.121. The Kier molecular flexibility index (Phi) is 5.61. The molecular formula is C18H23N5O. The number of carbonyl (C=O) groups is 1. The van der Waals surface area contributed by atoms with E-state index in [9.17, 15) is 4.79 Å². The molecule has 0 saturated carbocycles. The Bertz CT molecular complexity index is 655. The average Bonchev–Trinajstić information content (AvgIpc) is 3.16. The van der Waals surface area contributed by atoms with E-state index in [1.165, 1.54) is 12.8 Å². The van der Waals surface area contributed by atoms with Crippen LogP contribution in [0.15, 0.2) is 42.7 Å². The zero-order valence-electron chi connectivity index (χ0n) is 13.7. The number of nitrogens with zero attached hydrogens (tertiary/aromatic N) is 3. The van der Waals surface area contributed by atoms with Crippen LogP contribution < -0.4 is 15.5 Å². The Balaban J connectivity index is 1.41. The number of anilines is 2. The first-order chi connectivity index (χ1) is 11.8. The van der Waals surface area contributed by atoms with Crippen LogP contribution >= 0.6 is 0 Å². The fraction of sp³-hybridized carbons (Fsp3) is 0.389. The molecule has 0 spiro atoms. The highest BCUT2D eigenvalue weighted by molar-refractivity contribution is 5.76. The number of nitrogens with one attached hydrogen (secondary N) is 2. The van der Waals surface area contributed by atoms with Crippen LogP contribution in [0, 0.1) is 0 Å². The highest BCUT2D eigenvalue weighted by atomic mass is 16.1. The number of aromatic nitrogens is 2. The third kappa shape index (κ3) is 4.68. The molecule has 6 nitrogen and oxygen atoms in total. The molecule has 1 fully saturated rings. The van der Waals surface area contributed by atoms with Crippen LogP contribution in [0.1, 0.15) is 24.8 Å². The van der Waals surface area contributed by atoms with Gasteiger partial charge in [-0.1, -0.05) is 30.3 Å². The maximum atomic E-state index is 11.9. The lowest BCUT2D eigenvalue weighted by Crippen LogP contribution is -2.25. The Morgan fingerprint density at radius 2 is 1.92 bits per heavy atom. The highest BCUT2D eigenvalue weighted by Gasteiger charge is 2.13. The zero-order valence-corrected chi connectivity index (χ0v) is 13.7. The van der Waals surface area contributed by atoms with Gasteiger partial charge in [0.2, 0.25) is 5.91 Å². The van der Waals surface area contributed by atoms with Gasteiger partial charge in [0.25, 0.3) is 0 Å². The second-order valence-electron chi connectivity index (χ2n) is 5.89. The maximum Gasteiger partial charge on any atom is 0.222 e. The second-order valence-corrected chi connectivity index (χ2v) is 5.89. The van der Waals surface area contributed by atoms with Crippen molar-refractivity contribution in [1.29, 1.82) is 0 Å². The first-order valence-corrected chi connectivity index (χ1v) is 8.43. The van der Waals surface area contributed by atoms with Gasteiger partial charge in [0.15, 0.2) is 0 Å². The Morgan fingerprint density at radius 1 is 1.12 bits per heavy atom. The smallest absolute Gasteiger partial charge is 0.222 e. The average molecular weight is 325 g/mol. The van der Waals surface area contributed by atoms with Crippen molar-refractivity contribution < 1.29 is 4.79 Å². The van der Waals surface area contributed by atoms with Crippen molar-refractivity contribution in [2.45, 2.75) is 25.8 Å². The number of hydrogen-bond donors (Lipinski definition) is 2. The SMILES string of the molecule is O=C(CCNc1cc(N2CCCC2)ncn1)NCc1ccccc1. The van der Waals surface area contributed by atoms with Crippen LogP contribution in [0.5, 0.6) is 0 Å². The van der Waals surface area contributed by atoms with Crippen LogP contribution in [-0.4, -0.2) is 35.5 Å². The van der Waals surface area contributed by atoms with Gasteiger partial charge in [0.05, 0.1) is 0 Å². The van der Waals surface area contributed by atoms with Crippen molar-refractivity contribution in [2.24, 2.45) is 0 Å². The van der Waals surface area contributed by atoms with E-state index in [4.69, 9.17) is 0 Å². The van der Waals surface area contributed by atoms with E-state index < -0.39 is 0 Å². The predicted octanol–water partition coefficient (Wildman–Crippen LogP) is 2.20. The summed E-state index contributed by atoms with van der Waals surface area (Å²) in [5.74, 6) is 1.75. The zero-order chi connectivity index (χ0) is 16.6. The molecule has 1 aromatic carbocycles. The monoisotopic (exact) mass is 325 g/mol. The van der Waals surface area contributed by atoms with Crippen molar-refractivity contribution in [2.75, 3.05) is 29.9 Å². The summed E-state index contributed by atoms with van der Waals surface area (Å²) in [5, 5.41) is 6.12. The molecule has 2 N–H and O–H groups in total. The fourth-order valence-electron chi connectivity index (χ4n) is 2.75. The highest BCUT2D eigenvalue weighted by Crippen LogP contribution is 2.19. The van der Waals surface area contributed by atoms with E-state index in [0.717, 1.165) is 30.3 Å².